The van der Waals surface area contributed by atoms with Crippen molar-refractivity contribution in [3.63, 3.8) is 0 Å². The topological polar surface area (TPSA) is 70.4 Å². The SMILES string of the molecule is O=C1C(=Cc2c(N3CCN(c4ccccc4)CC3)nc3ccccn3c2=O)SC(=S)N1CC1CCCO1. The summed E-state index contributed by atoms with van der Waals surface area (Å²) in [5, 5.41) is 0. The van der Waals surface area contributed by atoms with E-state index in [0.29, 0.717) is 45.9 Å². The van der Waals surface area contributed by atoms with Crippen LogP contribution in [0.5, 0.6) is 0 Å². The van der Waals surface area contributed by atoms with Crippen molar-refractivity contribution >= 4 is 57.4 Å². The Balaban J connectivity index is 1.33. The van der Waals surface area contributed by atoms with E-state index in [1.54, 1.807) is 23.2 Å². The van der Waals surface area contributed by atoms with E-state index < -0.39 is 0 Å². The average Bonchev–Trinajstić information content (AvgIpc) is 3.55. The summed E-state index contributed by atoms with van der Waals surface area (Å²) in [7, 11) is 0. The van der Waals surface area contributed by atoms with Crippen LogP contribution in [0.2, 0.25) is 0 Å². The molecular formula is C27H27N5O3S2. The number of thiocarbonyl (C=S) groups is 1. The molecule has 0 radical (unpaired) electrons. The van der Waals surface area contributed by atoms with Crippen molar-refractivity contribution in [2.45, 2.75) is 18.9 Å². The van der Waals surface area contributed by atoms with Gasteiger partial charge in [-0.15, -0.1) is 0 Å². The largest absolute Gasteiger partial charge is 0.376 e. The third kappa shape index (κ3) is 4.76. The molecule has 3 aliphatic rings. The fourth-order valence-electron chi connectivity index (χ4n) is 5.05. The van der Waals surface area contributed by atoms with Gasteiger partial charge >= 0.3 is 0 Å². The molecule has 3 aromatic rings. The van der Waals surface area contributed by atoms with Crippen LogP contribution in [0.3, 0.4) is 0 Å². The lowest BCUT2D eigenvalue weighted by Crippen LogP contribution is -2.47. The van der Waals surface area contributed by atoms with Crippen molar-refractivity contribution in [1.82, 2.24) is 14.3 Å². The zero-order chi connectivity index (χ0) is 25.4. The molecule has 0 aliphatic carbocycles. The number of pyridine rings is 1. The second-order valence-electron chi connectivity index (χ2n) is 9.32. The van der Waals surface area contributed by atoms with Crippen molar-refractivity contribution in [3.8, 4) is 0 Å². The molecular weight excluding hydrogens is 506 g/mol. The minimum absolute atomic E-state index is 0.00582. The summed E-state index contributed by atoms with van der Waals surface area (Å²) in [6.07, 6.45) is 5.32. The Morgan fingerprint density at radius 2 is 1.78 bits per heavy atom. The standard InChI is InChI=1S/C27H27N5O3S2/c33-25-21(17-22-26(34)32(27(36)37-22)18-20-9-6-16-35-20)24(28-23-10-4-5-11-31(23)25)30-14-12-29(13-15-30)19-7-2-1-3-8-19/h1-5,7-8,10-11,17,20H,6,9,12-16,18H2. The predicted octanol–water partition coefficient (Wildman–Crippen LogP) is 3.40. The van der Waals surface area contributed by atoms with E-state index in [2.05, 4.69) is 21.9 Å². The van der Waals surface area contributed by atoms with E-state index in [1.165, 1.54) is 21.8 Å². The predicted molar refractivity (Wildman–Crippen MR) is 151 cm³/mol. The molecule has 1 aromatic carbocycles. The number of hydrogen-bond acceptors (Lipinski definition) is 8. The maximum atomic E-state index is 13.7. The molecule has 5 heterocycles. The zero-order valence-electron chi connectivity index (χ0n) is 20.3. The van der Waals surface area contributed by atoms with Crippen molar-refractivity contribution in [3.05, 3.63) is 75.6 Å². The summed E-state index contributed by atoms with van der Waals surface area (Å²) >= 11 is 6.77. The molecule has 0 saturated carbocycles. The fourth-order valence-corrected chi connectivity index (χ4v) is 6.31. The summed E-state index contributed by atoms with van der Waals surface area (Å²) in [6.45, 7) is 4.21. The number of amides is 1. The Labute approximate surface area is 224 Å². The second kappa shape index (κ2) is 10.3. The molecule has 3 saturated heterocycles. The second-order valence-corrected chi connectivity index (χ2v) is 11.0. The number of carbonyl (C=O) groups excluding carboxylic acids is 1. The zero-order valence-corrected chi connectivity index (χ0v) is 21.9. The first-order valence-corrected chi connectivity index (χ1v) is 13.7. The quantitative estimate of drug-likeness (QED) is 0.365. The monoisotopic (exact) mass is 533 g/mol. The van der Waals surface area contributed by atoms with Gasteiger partial charge < -0.3 is 14.5 Å². The van der Waals surface area contributed by atoms with Crippen LogP contribution in [0, 0.1) is 0 Å². The van der Waals surface area contributed by atoms with Gasteiger partial charge in [0.25, 0.3) is 11.5 Å². The summed E-state index contributed by atoms with van der Waals surface area (Å²) in [6, 6.07) is 15.8. The summed E-state index contributed by atoms with van der Waals surface area (Å²) in [5.74, 6) is 0.427. The van der Waals surface area contributed by atoms with Crippen LogP contribution in [-0.4, -0.2) is 69.9 Å². The number of anilines is 2. The maximum Gasteiger partial charge on any atom is 0.267 e. The van der Waals surface area contributed by atoms with Gasteiger partial charge in [0.15, 0.2) is 0 Å². The number of piperazine rings is 1. The summed E-state index contributed by atoms with van der Waals surface area (Å²) in [4.78, 5) is 38.4. The van der Waals surface area contributed by atoms with Gasteiger partial charge in [0.05, 0.1) is 23.1 Å². The highest BCUT2D eigenvalue weighted by molar-refractivity contribution is 8.26. The number of ether oxygens (including phenoxy) is 1. The number of carbonyl (C=O) groups is 1. The van der Waals surface area contributed by atoms with Crippen molar-refractivity contribution in [2.75, 3.05) is 49.1 Å². The van der Waals surface area contributed by atoms with Crippen LogP contribution in [0.15, 0.2) is 64.4 Å². The normalized spacial score (nSPS) is 21.6. The maximum absolute atomic E-state index is 13.7. The van der Waals surface area contributed by atoms with E-state index in [1.807, 2.05) is 30.3 Å². The van der Waals surface area contributed by atoms with Crippen LogP contribution in [0.4, 0.5) is 11.5 Å². The molecule has 1 amide bonds. The summed E-state index contributed by atoms with van der Waals surface area (Å²) in [5.41, 5.74) is 1.98. The minimum Gasteiger partial charge on any atom is -0.376 e. The molecule has 0 spiro atoms. The Bertz CT molecular complexity index is 1430. The van der Waals surface area contributed by atoms with Crippen LogP contribution in [0.25, 0.3) is 11.7 Å². The molecule has 10 heteroatoms. The Hall–Kier alpha value is -3.21. The molecule has 8 nitrogen and oxygen atoms in total. The molecule has 1 unspecified atom stereocenters. The highest BCUT2D eigenvalue weighted by Crippen LogP contribution is 2.34. The average molecular weight is 534 g/mol. The van der Waals surface area contributed by atoms with E-state index >= 15 is 0 Å². The van der Waals surface area contributed by atoms with E-state index in [9.17, 15) is 9.59 Å². The Morgan fingerprint density at radius 3 is 2.54 bits per heavy atom. The molecule has 0 bridgehead atoms. The first kappa shape index (κ1) is 24.1. The minimum atomic E-state index is -0.199. The lowest BCUT2D eigenvalue weighted by Gasteiger charge is -2.37. The van der Waals surface area contributed by atoms with Gasteiger partial charge in [0.2, 0.25) is 0 Å². The van der Waals surface area contributed by atoms with E-state index in [4.69, 9.17) is 21.9 Å². The summed E-state index contributed by atoms with van der Waals surface area (Å²) < 4.78 is 7.74. The molecule has 3 fully saturated rings. The van der Waals surface area contributed by atoms with Gasteiger partial charge in [-0.05, 0) is 43.2 Å². The highest BCUT2D eigenvalue weighted by atomic mass is 32.2. The van der Waals surface area contributed by atoms with Crippen LogP contribution >= 0.6 is 24.0 Å². The van der Waals surface area contributed by atoms with Gasteiger partial charge in [-0.1, -0.05) is 48.2 Å². The third-order valence-electron chi connectivity index (χ3n) is 7.01. The van der Waals surface area contributed by atoms with Gasteiger partial charge in [0.1, 0.15) is 15.8 Å². The fraction of sp³-hybridized carbons (Fsp3) is 0.333. The molecule has 6 rings (SSSR count). The Morgan fingerprint density at radius 1 is 1.03 bits per heavy atom. The number of nitrogens with zero attached hydrogens (tertiary/aromatic N) is 5. The van der Waals surface area contributed by atoms with Crippen molar-refractivity contribution in [2.24, 2.45) is 0 Å². The van der Waals surface area contributed by atoms with Crippen molar-refractivity contribution < 1.29 is 9.53 Å². The first-order chi connectivity index (χ1) is 18.1. The van der Waals surface area contributed by atoms with Gasteiger partial charge in [-0.3, -0.25) is 18.9 Å². The number of hydrogen-bond donors (Lipinski definition) is 0. The van der Waals surface area contributed by atoms with Crippen molar-refractivity contribution in [1.29, 1.82) is 0 Å². The molecule has 0 N–H and O–H groups in total. The first-order valence-electron chi connectivity index (χ1n) is 12.5. The van der Waals surface area contributed by atoms with E-state index in [0.717, 1.165) is 32.5 Å². The Kier molecular flexibility index (Phi) is 6.71. The van der Waals surface area contributed by atoms with Crippen LogP contribution in [0.1, 0.15) is 18.4 Å². The van der Waals surface area contributed by atoms with E-state index in [-0.39, 0.29) is 17.6 Å². The van der Waals surface area contributed by atoms with Gasteiger partial charge in [-0.2, -0.15) is 0 Å². The molecule has 2 aromatic heterocycles. The number of para-hydroxylation sites is 1. The number of benzene rings is 1. The number of thioether (sulfide) groups is 1. The highest BCUT2D eigenvalue weighted by Gasteiger charge is 2.35. The molecule has 3 aliphatic heterocycles. The smallest absolute Gasteiger partial charge is 0.267 e. The lowest BCUT2D eigenvalue weighted by molar-refractivity contribution is -0.123. The molecule has 37 heavy (non-hydrogen) atoms. The number of rotatable bonds is 5. The van der Waals surface area contributed by atoms with Gasteiger partial charge in [-0.25, -0.2) is 4.98 Å². The number of aromatic nitrogens is 2. The number of fused-ring (bicyclic) bond motifs is 1. The van der Waals surface area contributed by atoms with Gasteiger partial charge in [0, 0.05) is 44.7 Å². The lowest BCUT2D eigenvalue weighted by atomic mass is 10.2. The molecule has 190 valence electrons. The van der Waals surface area contributed by atoms with Crippen LogP contribution in [-0.2, 0) is 9.53 Å². The van der Waals surface area contributed by atoms with Crippen LogP contribution < -0.4 is 15.4 Å². The molecule has 1 atom stereocenters. The third-order valence-corrected chi connectivity index (χ3v) is 8.39.